The minimum Gasteiger partial charge on any atom is -0.313 e. The number of nitrogens with one attached hydrogen (secondary N) is 1. The number of likely N-dealkylation sites (N-methyl/N-ethyl adjacent to an activating group) is 2. The van der Waals surface area contributed by atoms with Crippen molar-refractivity contribution in [1.29, 1.82) is 0 Å². The Morgan fingerprint density at radius 2 is 1.71 bits per heavy atom. The van der Waals surface area contributed by atoms with Gasteiger partial charge in [-0.1, -0.05) is 39.5 Å². The van der Waals surface area contributed by atoms with Crippen molar-refractivity contribution in [2.24, 2.45) is 0 Å². The van der Waals surface area contributed by atoms with Gasteiger partial charge in [-0.25, -0.2) is 0 Å². The van der Waals surface area contributed by atoms with Crippen LogP contribution in [0.4, 0.5) is 0 Å². The van der Waals surface area contributed by atoms with E-state index in [0.717, 1.165) is 12.6 Å². The number of hydrogen-bond acceptors (Lipinski definition) is 2. The molecule has 1 fully saturated rings. The first-order chi connectivity index (χ1) is 8.20. The third kappa shape index (κ3) is 4.59. The zero-order chi connectivity index (χ0) is 12.7. The van der Waals surface area contributed by atoms with Crippen LogP contribution in [0.2, 0.25) is 0 Å². The largest absolute Gasteiger partial charge is 0.313 e. The van der Waals surface area contributed by atoms with Crippen molar-refractivity contribution in [3.8, 4) is 0 Å². The first kappa shape index (κ1) is 15.0. The van der Waals surface area contributed by atoms with Crippen LogP contribution < -0.4 is 5.32 Å². The van der Waals surface area contributed by atoms with Gasteiger partial charge in [0.1, 0.15) is 0 Å². The molecule has 1 N–H and O–H groups in total. The topological polar surface area (TPSA) is 15.3 Å². The SMILES string of the molecule is CCNC1CCCCCCC1N(CC)C(C)C. The Bertz CT molecular complexity index is 191. The van der Waals surface area contributed by atoms with Gasteiger partial charge in [-0.05, 0) is 39.8 Å². The molecular formula is C15H32N2. The van der Waals surface area contributed by atoms with Crippen molar-refractivity contribution in [1.82, 2.24) is 10.2 Å². The summed E-state index contributed by atoms with van der Waals surface area (Å²) < 4.78 is 0. The molecule has 0 spiro atoms. The maximum Gasteiger partial charge on any atom is 0.0251 e. The molecule has 1 saturated carbocycles. The molecular weight excluding hydrogens is 208 g/mol. The van der Waals surface area contributed by atoms with Crippen molar-refractivity contribution in [3.63, 3.8) is 0 Å². The maximum absolute atomic E-state index is 3.73. The second kappa shape index (κ2) is 8.10. The van der Waals surface area contributed by atoms with E-state index in [1.54, 1.807) is 0 Å². The molecule has 1 rings (SSSR count). The molecule has 1 aliphatic carbocycles. The van der Waals surface area contributed by atoms with E-state index in [1.165, 1.54) is 45.1 Å². The van der Waals surface area contributed by atoms with E-state index in [1.807, 2.05) is 0 Å². The molecule has 2 unspecified atom stereocenters. The Morgan fingerprint density at radius 3 is 2.24 bits per heavy atom. The van der Waals surface area contributed by atoms with Crippen LogP contribution in [-0.4, -0.2) is 36.1 Å². The van der Waals surface area contributed by atoms with Crippen LogP contribution in [0.5, 0.6) is 0 Å². The van der Waals surface area contributed by atoms with Gasteiger partial charge in [0.2, 0.25) is 0 Å². The molecule has 0 aromatic carbocycles. The van der Waals surface area contributed by atoms with E-state index >= 15 is 0 Å². The van der Waals surface area contributed by atoms with Gasteiger partial charge in [0, 0.05) is 18.1 Å². The Balaban J connectivity index is 2.70. The molecule has 0 heterocycles. The van der Waals surface area contributed by atoms with E-state index < -0.39 is 0 Å². The fourth-order valence-corrected chi connectivity index (χ4v) is 3.34. The molecule has 0 saturated heterocycles. The summed E-state index contributed by atoms with van der Waals surface area (Å²) in [5.74, 6) is 0. The molecule has 0 amide bonds. The van der Waals surface area contributed by atoms with Crippen LogP contribution in [0.25, 0.3) is 0 Å². The van der Waals surface area contributed by atoms with Crippen molar-refractivity contribution in [2.45, 2.75) is 84.3 Å². The Labute approximate surface area is 108 Å². The molecule has 0 radical (unpaired) electrons. The van der Waals surface area contributed by atoms with Crippen LogP contribution in [0.15, 0.2) is 0 Å². The Kier molecular flexibility index (Phi) is 7.14. The molecule has 0 bridgehead atoms. The number of nitrogens with zero attached hydrogens (tertiary/aromatic N) is 1. The predicted molar refractivity (Wildman–Crippen MR) is 76.5 cm³/mol. The highest BCUT2D eigenvalue weighted by atomic mass is 15.2. The van der Waals surface area contributed by atoms with Crippen LogP contribution in [0.3, 0.4) is 0 Å². The lowest BCUT2D eigenvalue weighted by Gasteiger charge is -2.40. The smallest absolute Gasteiger partial charge is 0.0251 e. The summed E-state index contributed by atoms with van der Waals surface area (Å²) in [5, 5.41) is 3.73. The van der Waals surface area contributed by atoms with Gasteiger partial charge in [0.25, 0.3) is 0 Å². The lowest BCUT2D eigenvalue weighted by Crippen LogP contribution is -2.52. The highest BCUT2D eigenvalue weighted by Crippen LogP contribution is 2.23. The van der Waals surface area contributed by atoms with Crippen LogP contribution in [0, 0.1) is 0 Å². The standard InChI is InChI=1S/C15H32N2/c1-5-16-14-11-9-7-8-10-12-15(14)17(6-2)13(3)4/h13-16H,5-12H2,1-4H3. The van der Waals surface area contributed by atoms with Gasteiger partial charge in [0.05, 0.1) is 0 Å². The summed E-state index contributed by atoms with van der Waals surface area (Å²) in [4.78, 5) is 2.69. The summed E-state index contributed by atoms with van der Waals surface area (Å²) in [7, 11) is 0. The first-order valence-corrected chi connectivity index (χ1v) is 7.69. The summed E-state index contributed by atoms with van der Waals surface area (Å²) >= 11 is 0. The molecule has 0 aromatic rings. The van der Waals surface area contributed by atoms with Gasteiger partial charge >= 0.3 is 0 Å². The average Bonchev–Trinajstić information content (AvgIpc) is 2.26. The molecule has 2 heteroatoms. The fourth-order valence-electron chi connectivity index (χ4n) is 3.34. The van der Waals surface area contributed by atoms with Gasteiger partial charge in [-0.3, -0.25) is 4.90 Å². The third-order valence-corrected chi connectivity index (χ3v) is 4.15. The lowest BCUT2D eigenvalue weighted by atomic mass is 9.90. The minimum atomic E-state index is 0.672. The minimum absolute atomic E-state index is 0.672. The fraction of sp³-hybridized carbons (Fsp3) is 1.00. The van der Waals surface area contributed by atoms with Crippen molar-refractivity contribution in [2.75, 3.05) is 13.1 Å². The van der Waals surface area contributed by atoms with Crippen LogP contribution in [-0.2, 0) is 0 Å². The molecule has 17 heavy (non-hydrogen) atoms. The second-order valence-corrected chi connectivity index (χ2v) is 5.65. The highest BCUT2D eigenvalue weighted by Gasteiger charge is 2.27. The molecule has 2 nitrogen and oxygen atoms in total. The Morgan fingerprint density at radius 1 is 1.06 bits per heavy atom. The summed E-state index contributed by atoms with van der Waals surface area (Å²) in [5.41, 5.74) is 0. The summed E-state index contributed by atoms with van der Waals surface area (Å²) in [6.07, 6.45) is 8.43. The normalized spacial score (nSPS) is 27.2. The van der Waals surface area contributed by atoms with E-state index in [0.29, 0.717) is 12.1 Å². The zero-order valence-electron chi connectivity index (χ0n) is 12.3. The summed E-state index contributed by atoms with van der Waals surface area (Å²) in [6, 6.07) is 2.13. The van der Waals surface area contributed by atoms with Crippen molar-refractivity contribution in [3.05, 3.63) is 0 Å². The summed E-state index contributed by atoms with van der Waals surface area (Å²) in [6.45, 7) is 11.5. The van der Waals surface area contributed by atoms with E-state index in [4.69, 9.17) is 0 Å². The van der Waals surface area contributed by atoms with E-state index in [2.05, 4.69) is 37.9 Å². The quantitative estimate of drug-likeness (QED) is 0.792. The van der Waals surface area contributed by atoms with Crippen LogP contribution in [0.1, 0.15) is 66.2 Å². The monoisotopic (exact) mass is 240 g/mol. The second-order valence-electron chi connectivity index (χ2n) is 5.65. The average molecular weight is 240 g/mol. The van der Waals surface area contributed by atoms with Gasteiger partial charge < -0.3 is 5.32 Å². The molecule has 1 aliphatic rings. The number of hydrogen-bond donors (Lipinski definition) is 1. The predicted octanol–water partition coefficient (Wildman–Crippen LogP) is 3.42. The molecule has 0 aliphatic heterocycles. The van der Waals surface area contributed by atoms with Crippen LogP contribution >= 0.6 is 0 Å². The highest BCUT2D eigenvalue weighted by molar-refractivity contribution is 4.86. The van der Waals surface area contributed by atoms with Gasteiger partial charge in [-0.15, -0.1) is 0 Å². The molecule has 2 atom stereocenters. The van der Waals surface area contributed by atoms with Crippen molar-refractivity contribution < 1.29 is 0 Å². The van der Waals surface area contributed by atoms with E-state index in [9.17, 15) is 0 Å². The first-order valence-electron chi connectivity index (χ1n) is 7.69. The molecule has 0 aromatic heterocycles. The number of rotatable bonds is 5. The van der Waals surface area contributed by atoms with Gasteiger partial charge in [-0.2, -0.15) is 0 Å². The van der Waals surface area contributed by atoms with Gasteiger partial charge in [0.15, 0.2) is 0 Å². The van der Waals surface area contributed by atoms with E-state index in [-0.39, 0.29) is 0 Å². The Hall–Kier alpha value is -0.0800. The lowest BCUT2D eigenvalue weighted by molar-refractivity contribution is 0.108. The molecule has 102 valence electrons. The van der Waals surface area contributed by atoms with Crippen molar-refractivity contribution >= 4 is 0 Å². The third-order valence-electron chi connectivity index (χ3n) is 4.15. The maximum atomic E-state index is 3.73. The zero-order valence-corrected chi connectivity index (χ0v) is 12.3.